The zero-order valence-electron chi connectivity index (χ0n) is 18.0. The lowest BCUT2D eigenvalue weighted by Crippen LogP contribution is -2.14. The van der Waals surface area contributed by atoms with Crippen LogP contribution in [0.4, 0.5) is 4.48 Å². The van der Waals surface area contributed by atoms with Crippen molar-refractivity contribution in [2.75, 3.05) is 0 Å². The molecule has 35 heavy (non-hydrogen) atoms. The van der Waals surface area contributed by atoms with Gasteiger partial charge in [0.25, 0.3) is 10.0 Å². The van der Waals surface area contributed by atoms with E-state index in [-0.39, 0.29) is 15.7 Å². The third-order valence-electron chi connectivity index (χ3n) is 4.95. The lowest BCUT2D eigenvalue weighted by molar-refractivity contribution is 0.425. The van der Waals surface area contributed by atoms with Crippen LogP contribution in [0.3, 0.4) is 0 Å². The first-order valence-corrected chi connectivity index (χ1v) is 14.2. The number of allylic oxidation sites excluding steroid dienone is 4. The molecule has 3 aromatic rings. The number of hydrogen-bond acceptors (Lipinski definition) is 5. The van der Waals surface area contributed by atoms with Gasteiger partial charge in [-0.1, -0.05) is 82.8 Å². The molecule has 0 amide bonds. The van der Waals surface area contributed by atoms with Crippen molar-refractivity contribution in [1.29, 1.82) is 0 Å². The van der Waals surface area contributed by atoms with Crippen molar-refractivity contribution in [3.8, 4) is 0 Å². The normalized spacial score (nSPS) is 15.7. The molecular formula is C24H20BrFN2O4S3. The Hall–Kier alpha value is -2.54. The molecular weight excluding hydrogens is 575 g/mol. The Morgan fingerprint density at radius 1 is 0.886 bits per heavy atom. The molecule has 3 aromatic carbocycles. The second-order valence-corrected chi connectivity index (χ2v) is 11.9. The Morgan fingerprint density at radius 3 is 2.06 bits per heavy atom. The van der Waals surface area contributed by atoms with Gasteiger partial charge in [0.2, 0.25) is 10.0 Å². The van der Waals surface area contributed by atoms with E-state index >= 15 is 0 Å². The standard InChI is InChI=1S/C18H13BrFNO2S2.C6H7NO2S/c19-15-3-1-2-14(10-15)17-9-6-13(11-18(17)24)12-4-7-16(8-5-12)25(22,23)21-20;7-10(8,9)6-4-2-1-3-5-6/h1-11,17,21H;1-5H,(H2,7,8,9). The maximum absolute atomic E-state index is 12.3. The van der Waals surface area contributed by atoms with E-state index in [1.807, 2.05) is 42.5 Å². The Balaban J connectivity index is 0.000000287. The zero-order chi connectivity index (χ0) is 25.6. The van der Waals surface area contributed by atoms with E-state index in [4.69, 9.17) is 17.4 Å². The Bertz CT molecular complexity index is 1490. The quantitative estimate of drug-likeness (QED) is 0.317. The molecule has 0 aliphatic heterocycles. The van der Waals surface area contributed by atoms with Crippen molar-refractivity contribution in [1.82, 2.24) is 4.94 Å². The molecule has 0 radical (unpaired) electrons. The fourth-order valence-corrected chi connectivity index (χ4v) is 5.10. The molecule has 0 bridgehead atoms. The molecule has 0 spiro atoms. The minimum atomic E-state index is -4.09. The largest absolute Gasteiger partial charge is 0.266 e. The highest BCUT2D eigenvalue weighted by Crippen LogP contribution is 2.30. The Kier molecular flexibility index (Phi) is 8.86. The van der Waals surface area contributed by atoms with Crippen LogP contribution in [-0.2, 0) is 20.0 Å². The summed E-state index contributed by atoms with van der Waals surface area (Å²) in [6.07, 6.45) is 5.88. The number of nitrogens with one attached hydrogen (secondary N) is 1. The average Bonchev–Trinajstić information content (AvgIpc) is 2.84. The van der Waals surface area contributed by atoms with Gasteiger partial charge in [-0.05, 0) is 64.1 Å². The topological polar surface area (TPSA) is 106 Å². The van der Waals surface area contributed by atoms with Crippen LogP contribution in [0.5, 0.6) is 0 Å². The van der Waals surface area contributed by atoms with Gasteiger partial charge in [0, 0.05) is 15.3 Å². The molecule has 6 nitrogen and oxygen atoms in total. The van der Waals surface area contributed by atoms with Crippen LogP contribution in [0.1, 0.15) is 17.0 Å². The molecule has 11 heteroatoms. The Morgan fingerprint density at radius 2 is 1.54 bits per heavy atom. The molecule has 0 heterocycles. The predicted molar refractivity (Wildman–Crippen MR) is 142 cm³/mol. The number of rotatable bonds is 5. The number of primary sulfonamides is 1. The summed E-state index contributed by atoms with van der Waals surface area (Å²) in [5.74, 6) is 0.0200. The van der Waals surface area contributed by atoms with Crippen molar-refractivity contribution in [2.24, 2.45) is 5.14 Å². The van der Waals surface area contributed by atoms with Crippen molar-refractivity contribution in [3.63, 3.8) is 0 Å². The third-order valence-corrected chi connectivity index (χ3v) is 7.84. The van der Waals surface area contributed by atoms with Gasteiger partial charge in [-0.3, -0.25) is 0 Å². The molecule has 1 aliphatic rings. The highest BCUT2D eigenvalue weighted by atomic mass is 79.9. The molecule has 4 rings (SSSR count). The molecule has 0 aromatic heterocycles. The summed E-state index contributed by atoms with van der Waals surface area (Å²) in [6.45, 7) is 0. The van der Waals surface area contributed by atoms with Crippen molar-refractivity contribution in [2.45, 2.75) is 15.7 Å². The molecule has 3 N–H and O–H groups in total. The summed E-state index contributed by atoms with van der Waals surface area (Å²) >= 11 is 9.00. The number of nitrogens with two attached hydrogens (primary N) is 1. The average molecular weight is 596 g/mol. The fraction of sp³-hybridized carbons (Fsp3) is 0.0417. The van der Waals surface area contributed by atoms with E-state index in [1.165, 1.54) is 24.3 Å². The van der Waals surface area contributed by atoms with E-state index in [1.54, 1.807) is 30.3 Å². The number of sulfonamides is 2. The van der Waals surface area contributed by atoms with Gasteiger partial charge < -0.3 is 0 Å². The molecule has 0 fully saturated rings. The first-order valence-electron chi connectivity index (χ1n) is 10.0. The van der Waals surface area contributed by atoms with Crippen LogP contribution in [0, 0.1) is 0 Å². The third kappa shape index (κ3) is 7.23. The summed E-state index contributed by atoms with van der Waals surface area (Å²) < 4.78 is 57.4. The smallest absolute Gasteiger partial charge is 0.225 e. The summed E-state index contributed by atoms with van der Waals surface area (Å²) in [5, 5.41) is 4.83. The highest BCUT2D eigenvalue weighted by molar-refractivity contribution is 9.10. The number of halogens is 2. The van der Waals surface area contributed by atoms with Crippen LogP contribution in [0.2, 0.25) is 0 Å². The minimum absolute atomic E-state index is 0.0200. The fourth-order valence-electron chi connectivity index (χ4n) is 3.22. The lowest BCUT2D eigenvalue weighted by Gasteiger charge is -2.18. The van der Waals surface area contributed by atoms with Gasteiger partial charge in [-0.15, -0.1) is 4.48 Å². The lowest BCUT2D eigenvalue weighted by atomic mass is 9.88. The first kappa shape index (κ1) is 27.1. The number of thiocarbonyl (C=S) groups is 1. The highest BCUT2D eigenvalue weighted by Gasteiger charge is 2.18. The second-order valence-electron chi connectivity index (χ2n) is 7.36. The van der Waals surface area contributed by atoms with Crippen LogP contribution in [-0.4, -0.2) is 21.7 Å². The molecule has 1 atom stereocenters. The SMILES string of the molecule is NS(=O)(=O)c1ccccc1.O=S(=O)(NF)c1ccc(C2=CC(=S)C(c3cccc(Br)c3)C=C2)cc1. The van der Waals surface area contributed by atoms with E-state index < -0.39 is 20.0 Å². The summed E-state index contributed by atoms with van der Waals surface area (Å²) in [6, 6.07) is 21.8. The predicted octanol–water partition coefficient (Wildman–Crippen LogP) is 5.05. The summed E-state index contributed by atoms with van der Waals surface area (Å²) in [7, 11) is -7.59. The molecule has 1 aliphatic carbocycles. The van der Waals surface area contributed by atoms with Crippen molar-refractivity contribution < 1.29 is 21.3 Å². The maximum atomic E-state index is 12.3. The van der Waals surface area contributed by atoms with Gasteiger partial charge in [-0.2, -0.15) is 0 Å². The van der Waals surface area contributed by atoms with Crippen LogP contribution >= 0.6 is 28.1 Å². The van der Waals surface area contributed by atoms with Gasteiger partial charge in [0.15, 0.2) is 0 Å². The van der Waals surface area contributed by atoms with Gasteiger partial charge in [0.1, 0.15) is 0 Å². The van der Waals surface area contributed by atoms with Gasteiger partial charge in [-0.25, -0.2) is 22.0 Å². The second kappa shape index (κ2) is 11.5. The number of hydrogen-bond donors (Lipinski definition) is 2. The molecule has 0 saturated heterocycles. The number of benzene rings is 3. The molecule has 0 saturated carbocycles. The van der Waals surface area contributed by atoms with Crippen molar-refractivity contribution in [3.05, 3.63) is 113 Å². The van der Waals surface area contributed by atoms with E-state index in [2.05, 4.69) is 15.9 Å². The maximum Gasteiger partial charge on any atom is 0.266 e. The van der Waals surface area contributed by atoms with E-state index in [0.29, 0.717) is 0 Å². The summed E-state index contributed by atoms with van der Waals surface area (Å²) in [5.41, 5.74) is 2.79. The van der Waals surface area contributed by atoms with Crippen LogP contribution < -0.4 is 10.1 Å². The molecule has 182 valence electrons. The summed E-state index contributed by atoms with van der Waals surface area (Å²) in [4.78, 5) is 1.60. The first-order chi connectivity index (χ1) is 16.5. The van der Waals surface area contributed by atoms with Crippen molar-refractivity contribution >= 4 is 58.6 Å². The van der Waals surface area contributed by atoms with Crippen LogP contribution in [0.25, 0.3) is 5.57 Å². The van der Waals surface area contributed by atoms with E-state index in [9.17, 15) is 21.3 Å². The Labute approximate surface area is 217 Å². The zero-order valence-corrected chi connectivity index (χ0v) is 22.0. The van der Waals surface area contributed by atoms with Gasteiger partial charge in [0.05, 0.1) is 9.79 Å². The van der Waals surface area contributed by atoms with Crippen LogP contribution in [0.15, 0.2) is 111 Å². The minimum Gasteiger partial charge on any atom is -0.225 e. The monoisotopic (exact) mass is 594 g/mol. The van der Waals surface area contributed by atoms with Gasteiger partial charge >= 0.3 is 0 Å². The molecule has 1 unspecified atom stereocenters. The van der Waals surface area contributed by atoms with E-state index in [0.717, 1.165) is 31.0 Å².